The molecule has 3 aromatic rings. The van der Waals surface area contributed by atoms with Gasteiger partial charge in [0.15, 0.2) is 4.34 Å². The second-order valence-electron chi connectivity index (χ2n) is 6.60. The fourth-order valence-corrected chi connectivity index (χ4v) is 4.44. The normalized spacial score (nSPS) is 11.9. The van der Waals surface area contributed by atoms with Crippen molar-refractivity contribution >= 4 is 45.5 Å². The van der Waals surface area contributed by atoms with Gasteiger partial charge in [0.2, 0.25) is 11.0 Å². The largest absolute Gasteiger partial charge is 0.330 e. The van der Waals surface area contributed by atoms with Gasteiger partial charge in [-0.15, -0.1) is 10.2 Å². The molecule has 0 aliphatic rings. The maximum atomic E-state index is 12.4. The third kappa shape index (κ3) is 5.33. The van der Waals surface area contributed by atoms with Crippen molar-refractivity contribution in [3.05, 3.63) is 59.2 Å². The summed E-state index contributed by atoms with van der Waals surface area (Å²) in [6, 6.07) is 14.1. The number of hydrogen-bond donors (Lipinski definition) is 2. The van der Waals surface area contributed by atoms with Gasteiger partial charge in [0.05, 0.1) is 5.25 Å². The third-order valence-corrected chi connectivity index (χ3v) is 6.46. The smallest absolute Gasteiger partial charge is 0.237 e. The fraction of sp³-hybridized carbons (Fsp3) is 0.286. The molecule has 7 heteroatoms. The molecule has 5 nitrogen and oxygen atoms in total. The van der Waals surface area contributed by atoms with Crippen LogP contribution in [0.2, 0.25) is 0 Å². The molecule has 0 spiro atoms. The molecule has 28 heavy (non-hydrogen) atoms. The number of nitrogens with zero attached hydrogens (tertiary/aromatic N) is 2. The van der Waals surface area contributed by atoms with Gasteiger partial charge in [0.1, 0.15) is 0 Å². The molecule has 0 aliphatic carbocycles. The quantitative estimate of drug-likeness (QED) is 0.496. The lowest BCUT2D eigenvalue weighted by molar-refractivity contribution is -0.115. The van der Waals surface area contributed by atoms with Gasteiger partial charge in [-0.05, 0) is 68.1 Å². The highest BCUT2D eigenvalue weighted by Crippen LogP contribution is 2.31. The zero-order valence-electron chi connectivity index (χ0n) is 16.4. The van der Waals surface area contributed by atoms with E-state index in [9.17, 15) is 4.79 Å². The Morgan fingerprint density at radius 2 is 1.79 bits per heavy atom. The first-order valence-electron chi connectivity index (χ1n) is 9.19. The summed E-state index contributed by atoms with van der Waals surface area (Å²) >= 11 is 2.85. The molecule has 0 saturated carbocycles. The second kappa shape index (κ2) is 9.21. The summed E-state index contributed by atoms with van der Waals surface area (Å²) in [4.78, 5) is 12.4. The van der Waals surface area contributed by atoms with Gasteiger partial charge >= 0.3 is 0 Å². The highest BCUT2D eigenvalue weighted by Gasteiger charge is 2.17. The predicted octanol–water partition coefficient (Wildman–Crippen LogP) is 5.58. The van der Waals surface area contributed by atoms with Crippen LogP contribution in [0, 0.1) is 13.8 Å². The first-order chi connectivity index (χ1) is 13.4. The van der Waals surface area contributed by atoms with E-state index < -0.39 is 0 Å². The zero-order valence-corrected chi connectivity index (χ0v) is 18.1. The van der Waals surface area contributed by atoms with Gasteiger partial charge in [0, 0.05) is 11.4 Å². The standard InChI is InChI=1S/C21H24N4OS2/c1-5-16-7-10-17(11-8-16)22-19(26)15(4)27-21-25-24-20(28-21)23-18-9-6-13(2)14(3)12-18/h6-12,15H,5H2,1-4H3,(H,22,26)(H,23,24). The number of benzene rings is 2. The maximum Gasteiger partial charge on any atom is 0.237 e. The lowest BCUT2D eigenvalue weighted by Gasteiger charge is -2.10. The van der Waals surface area contributed by atoms with Crippen molar-refractivity contribution in [2.75, 3.05) is 10.6 Å². The van der Waals surface area contributed by atoms with Gasteiger partial charge in [-0.3, -0.25) is 4.79 Å². The van der Waals surface area contributed by atoms with Gasteiger partial charge in [-0.2, -0.15) is 0 Å². The van der Waals surface area contributed by atoms with Crippen LogP contribution >= 0.6 is 23.1 Å². The molecule has 1 aromatic heterocycles. The fourth-order valence-electron chi connectivity index (χ4n) is 2.52. The highest BCUT2D eigenvalue weighted by atomic mass is 32.2. The van der Waals surface area contributed by atoms with Gasteiger partial charge in [-0.1, -0.05) is 48.2 Å². The summed E-state index contributed by atoms with van der Waals surface area (Å²) in [7, 11) is 0. The first-order valence-corrected chi connectivity index (χ1v) is 10.9. The summed E-state index contributed by atoms with van der Waals surface area (Å²) in [5.74, 6) is -0.0480. The van der Waals surface area contributed by atoms with Crippen molar-refractivity contribution in [2.45, 2.75) is 43.7 Å². The minimum Gasteiger partial charge on any atom is -0.330 e. The Hall–Kier alpha value is -2.38. The van der Waals surface area contributed by atoms with Crippen molar-refractivity contribution in [3.63, 3.8) is 0 Å². The average Bonchev–Trinajstić information content (AvgIpc) is 3.12. The average molecular weight is 413 g/mol. The van der Waals surface area contributed by atoms with E-state index in [0.717, 1.165) is 22.1 Å². The molecule has 0 bridgehead atoms. The number of nitrogens with one attached hydrogen (secondary N) is 2. The summed E-state index contributed by atoms with van der Waals surface area (Å²) in [6.45, 7) is 8.15. The molecule has 2 aromatic carbocycles. The van der Waals surface area contributed by atoms with E-state index in [4.69, 9.17) is 0 Å². The lowest BCUT2D eigenvalue weighted by Crippen LogP contribution is -2.22. The lowest BCUT2D eigenvalue weighted by atomic mass is 10.1. The molecule has 2 N–H and O–H groups in total. The number of amides is 1. The van der Waals surface area contributed by atoms with Gasteiger partial charge in [-0.25, -0.2) is 0 Å². The van der Waals surface area contributed by atoms with Crippen LogP contribution in [-0.4, -0.2) is 21.4 Å². The predicted molar refractivity (Wildman–Crippen MR) is 119 cm³/mol. The van der Waals surface area contributed by atoms with Crippen LogP contribution < -0.4 is 10.6 Å². The Kier molecular flexibility index (Phi) is 6.70. The van der Waals surface area contributed by atoms with E-state index in [-0.39, 0.29) is 11.2 Å². The number of aromatic nitrogens is 2. The van der Waals surface area contributed by atoms with E-state index in [2.05, 4.69) is 53.7 Å². The van der Waals surface area contributed by atoms with Crippen molar-refractivity contribution in [3.8, 4) is 0 Å². The summed E-state index contributed by atoms with van der Waals surface area (Å²) < 4.78 is 0.760. The molecule has 1 unspecified atom stereocenters. The van der Waals surface area contributed by atoms with Crippen LogP contribution in [0.25, 0.3) is 0 Å². The molecule has 1 amide bonds. The highest BCUT2D eigenvalue weighted by molar-refractivity contribution is 8.02. The second-order valence-corrected chi connectivity index (χ2v) is 9.16. The molecular weight excluding hydrogens is 388 g/mol. The van der Waals surface area contributed by atoms with Crippen molar-refractivity contribution < 1.29 is 4.79 Å². The van der Waals surface area contributed by atoms with Crippen LogP contribution in [0.4, 0.5) is 16.5 Å². The van der Waals surface area contributed by atoms with E-state index in [1.54, 1.807) is 0 Å². The van der Waals surface area contributed by atoms with Crippen molar-refractivity contribution in [1.82, 2.24) is 10.2 Å². The number of carbonyl (C=O) groups excluding carboxylic acids is 1. The number of anilines is 3. The molecule has 0 saturated heterocycles. The van der Waals surface area contributed by atoms with E-state index in [0.29, 0.717) is 5.13 Å². The SMILES string of the molecule is CCc1ccc(NC(=O)C(C)Sc2nnc(Nc3ccc(C)c(C)c3)s2)cc1. The summed E-state index contributed by atoms with van der Waals surface area (Å²) in [6.07, 6.45) is 0.982. The number of carbonyl (C=O) groups is 1. The topological polar surface area (TPSA) is 66.9 Å². The summed E-state index contributed by atoms with van der Waals surface area (Å²) in [5.41, 5.74) is 5.52. The Balaban J connectivity index is 1.57. The van der Waals surface area contributed by atoms with E-state index in [1.807, 2.05) is 37.3 Å². The van der Waals surface area contributed by atoms with E-state index >= 15 is 0 Å². The third-order valence-electron chi connectivity index (χ3n) is 4.44. The monoisotopic (exact) mass is 412 g/mol. The minimum atomic E-state index is -0.270. The summed E-state index contributed by atoms with van der Waals surface area (Å²) in [5, 5.41) is 15.1. The van der Waals surface area contributed by atoms with Crippen LogP contribution in [0.5, 0.6) is 0 Å². The molecule has 1 heterocycles. The number of aryl methyl sites for hydroxylation is 3. The molecule has 0 radical (unpaired) electrons. The minimum absolute atomic E-state index is 0.0480. The Labute approximate surface area is 174 Å². The van der Waals surface area contributed by atoms with Crippen LogP contribution in [0.1, 0.15) is 30.5 Å². The number of rotatable bonds is 7. The molecule has 3 rings (SSSR count). The van der Waals surface area contributed by atoms with Crippen LogP contribution in [-0.2, 0) is 11.2 Å². The van der Waals surface area contributed by atoms with E-state index in [1.165, 1.54) is 39.8 Å². The van der Waals surface area contributed by atoms with Crippen molar-refractivity contribution in [2.24, 2.45) is 0 Å². The number of thioether (sulfide) groups is 1. The Bertz CT molecular complexity index is 953. The zero-order chi connectivity index (χ0) is 20.1. The van der Waals surface area contributed by atoms with Crippen LogP contribution in [0.15, 0.2) is 46.8 Å². The molecule has 1 atom stereocenters. The Morgan fingerprint density at radius 1 is 1.07 bits per heavy atom. The molecular formula is C21H24N4OS2. The van der Waals surface area contributed by atoms with Gasteiger partial charge in [0.25, 0.3) is 0 Å². The first kappa shape index (κ1) is 20.4. The maximum absolute atomic E-state index is 12.4. The Morgan fingerprint density at radius 3 is 2.46 bits per heavy atom. The van der Waals surface area contributed by atoms with Gasteiger partial charge < -0.3 is 10.6 Å². The molecule has 0 aliphatic heterocycles. The van der Waals surface area contributed by atoms with Crippen LogP contribution in [0.3, 0.4) is 0 Å². The molecule has 0 fully saturated rings. The molecule has 146 valence electrons. The van der Waals surface area contributed by atoms with Crippen molar-refractivity contribution in [1.29, 1.82) is 0 Å². The number of hydrogen-bond acceptors (Lipinski definition) is 6.